The fourth-order valence-electron chi connectivity index (χ4n) is 0.447. The van der Waals surface area contributed by atoms with Crippen LogP contribution in [0.5, 0.6) is 0 Å². The predicted octanol–water partition coefficient (Wildman–Crippen LogP) is -2.24. The Balaban J connectivity index is 3.97. The number of primary amides is 1. The molecule has 0 aliphatic rings. The third-order valence-corrected chi connectivity index (χ3v) is 1.21. The molecule has 0 aromatic heterocycles. The largest absolute Gasteiger partial charge is 0.505 e. The molecule has 0 heterocycles. The Morgan fingerprint density at radius 1 is 1.43 bits per heavy atom. The molecular formula is C4H9N2O7P. The molecule has 0 radical (unpaired) electrons. The molecule has 0 aromatic rings. The van der Waals surface area contributed by atoms with E-state index in [0.29, 0.717) is 0 Å². The van der Waals surface area contributed by atoms with Gasteiger partial charge in [0.25, 0.3) is 0 Å². The quantitative estimate of drug-likeness (QED) is 0.233. The van der Waals surface area contributed by atoms with Gasteiger partial charge in [-0.05, 0) is 0 Å². The first kappa shape index (κ1) is 13.0. The second kappa shape index (κ2) is 5.03. The number of nitrogens with two attached hydrogens (primary N) is 2. The highest BCUT2D eigenvalue weighted by Gasteiger charge is 2.23. The first-order chi connectivity index (χ1) is 6.22. The van der Waals surface area contributed by atoms with Crippen LogP contribution in [0, 0.1) is 0 Å². The van der Waals surface area contributed by atoms with Crippen LogP contribution in [-0.2, 0) is 23.7 Å². The summed E-state index contributed by atoms with van der Waals surface area (Å²) < 4.78 is 13.4. The van der Waals surface area contributed by atoms with Crippen LogP contribution in [0.2, 0.25) is 0 Å². The van der Waals surface area contributed by atoms with Crippen molar-refractivity contribution >= 4 is 19.7 Å². The minimum Gasteiger partial charge on any atom is -0.370 e. The summed E-state index contributed by atoms with van der Waals surface area (Å²) in [5, 5.41) is 0. The third kappa shape index (κ3) is 6.52. The molecule has 0 saturated carbocycles. The van der Waals surface area contributed by atoms with Crippen LogP contribution in [0.25, 0.3) is 0 Å². The van der Waals surface area contributed by atoms with Gasteiger partial charge in [-0.3, -0.25) is 9.68 Å². The lowest BCUT2D eigenvalue weighted by atomic mass is 10.2. The lowest BCUT2D eigenvalue weighted by Crippen LogP contribution is -2.36. The molecule has 1 unspecified atom stereocenters. The Kier molecular flexibility index (Phi) is 4.68. The summed E-state index contributed by atoms with van der Waals surface area (Å²) in [6, 6.07) is -1.42. The number of carbonyl (C=O) groups excluding carboxylic acids is 2. The smallest absolute Gasteiger partial charge is 0.370 e. The number of hydrogen-bond donors (Lipinski definition) is 4. The molecule has 14 heavy (non-hydrogen) atoms. The molecule has 82 valence electrons. The average molecular weight is 228 g/mol. The lowest BCUT2D eigenvalue weighted by Gasteiger charge is -2.07. The number of rotatable bonds is 5. The Morgan fingerprint density at radius 3 is 2.29 bits per heavy atom. The second-order valence-corrected chi connectivity index (χ2v) is 3.37. The van der Waals surface area contributed by atoms with Gasteiger partial charge < -0.3 is 21.3 Å². The highest BCUT2D eigenvalue weighted by molar-refractivity contribution is 7.46. The van der Waals surface area contributed by atoms with E-state index in [4.69, 9.17) is 21.3 Å². The zero-order valence-corrected chi connectivity index (χ0v) is 7.72. The van der Waals surface area contributed by atoms with E-state index in [1.165, 1.54) is 0 Å². The normalized spacial score (nSPS) is 13.4. The van der Waals surface area contributed by atoms with Crippen LogP contribution in [-0.4, -0.2) is 27.7 Å². The van der Waals surface area contributed by atoms with Crippen molar-refractivity contribution in [3.8, 4) is 0 Å². The van der Waals surface area contributed by atoms with Gasteiger partial charge in [-0.2, -0.15) is 0 Å². The van der Waals surface area contributed by atoms with Gasteiger partial charge in [-0.15, -0.1) is 0 Å². The molecule has 1 amide bonds. The fraction of sp³-hybridized carbons (Fsp3) is 0.500. The van der Waals surface area contributed by atoms with Gasteiger partial charge in [0.1, 0.15) is 6.04 Å². The first-order valence-corrected chi connectivity index (χ1v) is 4.75. The molecule has 0 fully saturated rings. The van der Waals surface area contributed by atoms with Crippen molar-refractivity contribution in [2.45, 2.75) is 12.5 Å². The molecule has 6 N–H and O–H groups in total. The summed E-state index contributed by atoms with van der Waals surface area (Å²) in [5.41, 5.74) is 9.73. The van der Waals surface area contributed by atoms with Gasteiger partial charge in [-0.1, -0.05) is 4.67 Å². The monoisotopic (exact) mass is 228 g/mol. The van der Waals surface area contributed by atoms with E-state index < -0.39 is 32.2 Å². The fourth-order valence-corrected chi connectivity index (χ4v) is 0.618. The maximum atomic E-state index is 10.7. The van der Waals surface area contributed by atoms with Crippen molar-refractivity contribution in [3.63, 3.8) is 0 Å². The molecule has 1 atom stereocenters. The first-order valence-electron chi connectivity index (χ1n) is 3.22. The van der Waals surface area contributed by atoms with Crippen molar-refractivity contribution in [1.82, 2.24) is 0 Å². The van der Waals surface area contributed by atoms with E-state index in [2.05, 4.69) is 9.56 Å². The van der Waals surface area contributed by atoms with Crippen molar-refractivity contribution in [3.05, 3.63) is 0 Å². The number of amides is 1. The van der Waals surface area contributed by atoms with E-state index >= 15 is 0 Å². The molecule has 0 aromatic carbocycles. The molecular weight excluding hydrogens is 219 g/mol. The maximum absolute atomic E-state index is 10.7. The molecule has 0 aliphatic heterocycles. The summed E-state index contributed by atoms with van der Waals surface area (Å²) >= 11 is 0. The standard InChI is InChI=1S/C4H9N2O7P/c5-2(1-3(6)7)4(8)12-13-14(9,10)11/h2H,1,5H2,(H2,6,7)(H2,9,10,11). The zero-order valence-electron chi connectivity index (χ0n) is 6.82. The Labute approximate surface area is 78.1 Å². The molecule has 10 heteroatoms. The topological polar surface area (TPSA) is 162 Å². The summed E-state index contributed by atoms with van der Waals surface area (Å²) in [4.78, 5) is 40.8. The minimum atomic E-state index is -4.91. The Hall–Kier alpha value is -0.990. The number of carbonyl (C=O) groups is 2. The van der Waals surface area contributed by atoms with E-state index in [1.807, 2.05) is 0 Å². The van der Waals surface area contributed by atoms with Crippen molar-refractivity contribution in [2.75, 3.05) is 0 Å². The molecule has 0 bridgehead atoms. The molecule has 0 saturated heterocycles. The third-order valence-electron chi connectivity index (χ3n) is 0.940. The number of phosphoric acid groups is 1. The van der Waals surface area contributed by atoms with E-state index in [-0.39, 0.29) is 0 Å². The minimum absolute atomic E-state index is 0.511. The Bertz CT molecular complexity index is 273. The van der Waals surface area contributed by atoms with Gasteiger partial charge >= 0.3 is 13.8 Å². The zero-order chi connectivity index (χ0) is 11.4. The highest BCUT2D eigenvalue weighted by Crippen LogP contribution is 2.35. The summed E-state index contributed by atoms with van der Waals surface area (Å²) in [7, 11) is -4.91. The van der Waals surface area contributed by atoms with Crippen LogP contribution in [0.1, 0.15) is 6.42 Å². The van der Waals surface area contributed by atoms with Crippen LogP contribution < -0.4 is 11.5 Å². The maximum Gasteiger partial charge on any atom is 0.505 e. The van der Waals surface area contributed by atoms with E-state index in [1.54, 1.807) is 0 Å². The van der Waals surface area contributed by atoms with Crippen LogP contribution >= 0.6 is 7.82 Å². The SMILES string of the molecule is NC(=O)CC(N)C(=O)OOP(=O)(O)O. The molecule has 0 rings (SSSR count). The van der Waals surface area contributed by atoms with Crippen molar-refractivity contribution in [1.29, 1.82) is 0 Å². The summed E-state index contributed by atoms with van der Waals surface area (Å²) in [5.74, 6) is -2.15. The van der Waals surface area contributed by atoms with Gasteiger partial charge in [0.15, 0.2) is 0 Å². The average Bonchev–Trinajstić information content (AvgIpc) is 1.97. The molecule has 9 nitrogen and oxygen atoms in total. The van der Waals surface area contributed by atoms with Gasteiger partial charge in [-0.25, -0.2) is 9.36 Å². The van der Waals surface area contributed by atoms with Crippen LogP contribution in [0.4, 0.5) is 0 Å². The van der Waals surface area contributed by atoms with Crippen molar-refractivity contribution < 1.29 is 33.5 Å². The van der Waals surface area contributed by atoms with Gasteiger partial charge in [0.2, 0.25) is 5.91 Å². The summed E-state index contributed by atoms with van der Waals surface area (Å²) in [6.45, 7) is 0. The molecule has 0 spiro atoms. The summed E-state index contributed by atoms with van der Waals surface area (Å²) in [6.07, 6.45) is -0.511. The Morgan fingerprint density at radius 2 is 1.93 bits per heavy atom. The van der Waals surface area contributed by atoms with Crippen LogP contribution in [0.3, 0.4) is 0 Å². The van der Waals surface area contributed by atoms with E-state index in [9.17, 15) is 14.2 Å². The van der Waals surface area contributed by atoms with Crippen LogP contribution in [0.15, 0.2) is 0 Å². The lowest BCUT2D eigenvalue weighted by molar-refractivity contribution is -0.224. The predicted molar refractivity (Wildman–Crippen MR) is 41.0 cm³/mol. The van der Waals surface area contributed by atoms with Gasteiger partial charge in [0.05, 0.1) is 6.42 Å². The number of hydrogen-bond acceptors (Lipinski definition) is 6. The van der Waals surface area contributed by atoms with Crippen molar-refractivity contribution in [2.24, 2.45) is 11.5 Å². The van der Waals surface area contributed by atoms with E-state index in [0.717, 1.165) is 0 Å². The van der Waals surface area contributed by atoms with Gasteiger partial charge in [0, 0.05) is 0 Å². The highest BCUT2D eigenvalue weighted by atomic mass is 31.2. The second-order valence-electron chi connectivity index (χ2n) is 2.24. The molecule has 0 aliphatic carbocycles.